The minimum absolute atomic E-state index is 0.0517. The van der Waals surface area contributed by atoms with Gasteiger partial charge in [-0.25, -0.2) is 5.43 Å². The number of hydrogen-bond donors (Lipinski definition) is 2. The van der Waals surface area contributed by atoms with Crippen LogP contribution in [0.3, 0.4) is 0 Å². The number of hydrazone groups is 1. The summed E-state index contributed by atoms with van der Waals surface area (Å²) in [6.45, 7) is 1.85. The maximum atomic E-state index is 11.9. The zero-order valence-electron chi connectivity index (χ0n) is 13.6. The number of aryl methyl sites for hydroxylation is 1. The summed E-state index contributed by atoms with van der Waals surface area (Å²) in [6.07, 6.45) is 1.67. The van der Waals surface area contributed by atoms with Crippen LogP contribution in [0.1, 0.15) is 24.0 Å². The van der Waals surface area contributed by atoms with E-state index in [0.29, 0.717) is 10.7 Å². The Bertz CT molecular complexity index is 791. The summed E-state index contributed by atoms with van der Waals surface area (Å²) in [6, 6.07) is 12.7. The highest BCUT2D eigenvalue weighted by molar-refractivity contribution is 9.10. The molecular weight excluding hydrogens is 406 g/mol. The van der Waals surface area contributed by atoms with Gasteiger partial charge < -0.3 is 5.32 Å². The maximum absolute atomic E-state index is 11.9. The number of hydrogen-bond acceptors (Lipinski definition) is 3. The first-order chi connectivity index (χ1) is 11.9. The van der Waals surface area contributed by atoms with E-state index in [4.69, 9.17) is 11.6 Å². The monoisotopic (exact) mass is 421 g/mol. The van der Waals surface area contributed by atoms with Crippen LogP contribution < -0.4 is 10.7 Å². The summed E-state index contributed by atoms with van der Waals surface area (Å²) in [5, 5.41) is 7.24. The molecule has 0 radical (unpaired) electrons. The third-order valence-electron chi connectivity index (χ3n) is 3.31. The largest absolute Gasteiger partial charge is 0.326 e. The van der Waals surface area contributed by atoms with E-state index in [1.807, 2.05) is 31.2 Å². The van der Waals surface area contributed by atoms with Crippen molar-refractivity contribution in [1.82, 2.24) is 5.43 Å². The molecule has 2 N–H and O–H groups in total. The number of nitrogens with one attached hydrogen (secondary N) is 2. The molecule has 2 amide bonds. The Hall–Kier alpha value is -2.18. The second-order valence-corrected chi connectivity index (χ2v) is 6.70. The van der Waals surface area contributed by atoms with Crippen LogP contribution in [0.2, 0.25) is 5.02 Å². The number of anilines is 1. The fraction of sp³-hybridized carbons (Fsp3) is 0.167. The summed E-state index contributed by atoms with van der Waals surface area (Å²) in [5.41, 5.74) is 4.81. The van der Waals surface area contributed by atoms with E-state index in [-0.39, 0.29) is 24.7 Å². The number of halogens is 2. The molecule has 0 heterocycles. The van der Waals surface area contributed by atoms with Crippen molar-refractivity contribution in [3.05, 3.63) is 63.1 Å². The molecule has 7 heteroatoms. The maximum Gasteiger partial charge on any atom is 0.240 e. The van der Waals surface area contributed by atoms with Crippen LogP contribution in [0, 0.1) is 6.92 Å². The summed E-state index contributed by atoms with van der Waals surface area (Å²) in [4.78, 5) is 23.6. The Labute approximate surface area is 159 Å². The van der Waals surface area contributed by atoms with Gasteiger partial charge in [-0.2, -0.15) is 5.10 Å². The van der Waals surface area contributed by atoms with Crippen molar-refractivity contribution in [1.29, 1.82) is 0 Å². The Balaban J connectivity index is 1.75. The van der Waals surface area contributed by atoms with Crippen LogP contribution in [0.5, 0.6) is 0 Å². The van der Waals surface area contributed by atoms with E-state index in [2.05, 4.69) is 31.8 Å². The van der Waals surface area contributed by atoms with Crippen LogP contribution in [0.4, 0.5) is 5.69 Å². The summed E-state index contributed by atoms with van der Waals surface area (Å²) < 4.78 is 0.968. The first-order valence-corrected chi connectivity index (χ1v) is 8.74. The van der Waals surface area contributed by atoms with Gasteiger partial charge >= 0.3 is 0 Å². The smallest absolute Gasteiger partial charge is 0.240 e. The number of carbonyl (C=O) groups excluding carboxylic acids is 2. The molecule has 0 unspecified atom stereocenters. The van der Waals surface area contributed by atoms with Crippen molar-refractivity contribution in [2.24, 2.45) is 5.10 Å². The fourth-order valence-corrected chi connectivity index (χ4v) is 2.48. The van der Waals surface area contributed by atoms with Gasteiger partial charge in [0.05, 0.1) is 6.21 Å². The van der Waals surface area contributed by atoms with E-state index in [9.17, 15) is 9.59 Å². The Morgan fingerprint density at radius 3 is 2.48 bits per heavy atom. The molecule has 0 bridgehead atoms. The molecule has 0 atom stereocenters. The zero-order chi connectivity index (χ0) is 18.2. The number of amides is 2. The van der Waals surface area contributed by atoms with Gasteiger partial charge in [-0.05, 0) is 48.4 Å². The zero-order valence-corrected chi connectivity index (χ0v) is 15.9. The number of carbonyl (C=O) groups is 2. The van der Waals surface area contributed by atoms with Gasteiger partial charge in [0.15, 0.2) is 0 Å². The molecule has 0 aliphatic carbocycles. The van der Waals surface area contributed by atoms with Gasteiger partial charge in [0.25, 0.3) is 0 Å². The number of nitrogens with zero attached hydrogens (tertiary/aromatic N) is 1. The van der Waals surface area contributed by atoms with Gasteiger partial charge in [-0.1, -0.05) is 39.7 Å². The van der Waals surface area contributed by atoms with E-state index >= 15 is 0 Å². The summed E-state index contributed by atoms with van der Waals surface area (Å²) >= 11 is 9.22. The van der Waals surface area contributed by atoms with Crippen molar-refractivity contribution in [2.45, 2.75) is 19.8 Å². The second kappa shape index (κ2) is 9.34. The first-order valence-electron chi connectivity index (χ1n) is 7.57. The van der Waals surface area contributed by atoms with Gasteiger partial charge in [0.2, 0.25) is 11.8 Å². The molecular formula is C18H17BrClN3O2. The van der Waals surface area contributed by atoms with Gasteiger partial charge in [-0.15, -0.1) is 0 Å². The van der Waals surface area contributed by atoms with Crippen molar-refractivity contribution in [2.75, 3.05) is 5.32 Å². The highest BCUT2D eigenvalue weighted by atomic mass is 79.9. The van der Waals surface area contributed by atoms with Gasteiger partial charge in [0, 0.05) is 28.0 Å². The van der Waals surface area contributed by atoms with Crippen LogP contribution in [-0.4, -0.2) is 18.0 Å². The average molecular weight is 423 g/mol. The van der Waals surface area contributed by atoms with E-state index in [1.165, 1.54) is 0 Å². The second-order valence-electron chi connectivity index (χ2n) is 5.35. The molecule has 130 valence electrons. The lowest BCUT2D eigenvalue weighted by Crippen LogP contribution is -2.20. The predicted molar refractivity (Wildman–Crippen MR) is 104 cm³/mol. The Kier molecular flexibility index (Phi) is 7.16. The minimum Gasteiger partial charge on any atom is -0.326 e. The van der Waals surface area contributed by atoms with Crippen LogP contribution >= 0.6 is 27.5 Å². The molecule has 0 spiro atoms. The predicted octanol–water partition coefficient (Wildman–Crippen LogP) is 4.28. The standard InChI is InChI=1S/C18H17BrClN3O2/c1-12-10-15(20)6-7-16(12)22-17(24)8-9-18(25)23-21-11-13-2-4-14(19)5-3-13/h2-7,10-11H,8-9H2,1H3,(H,22,24)(H,23,25). The van der Waals surface area contributed by atoms with Crippen LogP contribution in [0.25, 0.3) is 0 Å². The Morgan fingerprint density at radius 1 is 1.12 bits per heavy atom. The lowest BCUT2D eigenvalue weighted by molar-refractivity contribution is -0.124. The number of benzene rings is 2. The first kappa shape index (κ1) is 19.1. The lowest BCUT2D eigenvalue weighted by atomic mass is 10.2. The van der Waals surface area contributed by atoms with Crippen molar-refractivity contribution < 1.29 is 9.59 Å². The third kappa shape index (κ3) is 6.68. The average Bonchev–Trinajstić information content (AvgIpc) is 2.57. The summed E-state index contributed by atoms with van der Waals surface area (Å²) in [5.74, 6) is -0.561. The SMILES string of the molecule is Cc1cc(Cl)ccc1NC(=O)CCC(=O)NN=Cc1ccc(Br)cc1. The van der Waals surface area contributed by atoms with E-state index < -0.39 is 0 Å². The molecule has 0 aromatic heterocycles. The van der Waals surface area contributed by atoms with E-state index in [1.54, 1.807) is 24.4 Å². The normalized spacial score (nSPS) is 10.7. The van der Waals surface area contributed by atoms with E-state index in [0.717, 1.165) is 15.6 Å². The molecule has 0 fully saturated rings. The molecule has 25 heavy (non-hydrogen) atoms. The highest BCUT2D eigenvalue weighted by Crippen LogP contribution is 2.19. The lowest BCUT2D eigenvalue weighted by Gasteiger charge is -2.08. The van der Waals surface area contributed by atoms with Crippen molar-refractivity contribution >= 4 is 51.2 Å². The van der Waals surface area contributed by atoms with Crippen LogP contribution in [0.15, 0.2) is 52.0 Å². The van der Waals surface area contributed by atoms with Crippen molar-refractivity contribution in [3.63, 3.8) is 0 Å². The molecule has 0 saturated carbocycles. The Morgan fingerprint density at radius 2 is 1.80 bits per heavy atom. The fourth-order valence-electron chi connectivity index (χ4n) is 1.99. The van der Waals surface area contributed by atoms with Gasteiger partial charge in [-0.3, -0.25) is 9.59 Å². The van der Waals surface area contributed by atoms with Gasteiger partial charge in [0.1, 0.15) is 0 Å². The molecule has 0 aliphatic heterocycles. The van der Waals surface area contributed by atoms with Crippen LogP contribution in [-0.2, 0) is 9.59 Å². The molecule has 2 aromatic rings. The quantitative estimate of drug-likeness (QED) is 0.539. The molecule has 2 rings (SSSR count). The molecule has 0 saturated heterocycles. The molecule has 0 aliphatic rings. The summed E-state index contributed by atoms with van der Waals surface area (Å²) in [7, 11) is 0. The topological polar surface area (TPSA) is 70.6 Å². The highest BCUT2D eigenvalue weighted by Gasteiger charge is 2.08. The number of rotatable bonds is 6. The molecule has 2 aromatic carbocycles. The third-order valence-corrected chi connectivity index (χ3v) is 4.08. The van der Waals surface area contributed by atoms with Crippen molar-refractivity contribution in [3.8, 4) is 0 Å². The molecule has 5 nitrogen and oxygen atoms in total. The minimum atomic E-state index is -0.323.